The van der Waals surface area contributed by atoms with E-state index >= 15 is 0 Å². The second kappa shape index (κ2) is 6.30. The maximum Gasteiger partial charge on any atom is 0.451 e. The summed E-state index contributed by atoms with van der Waals surface area (Å²) >= 11 is 3.05. The number of H-pyrrole nitrogens is 1. The number of carbonyl (C=O) groups excluding carboxylic acids is 1. The maximum atomic E-state index is 13.4. The summed E-state index contributed by atoms with van der Waals surface area (Å²) in [5, 5.41) is 6.80. The number of carbonyl (C=O) groups is 1. The van der Waals surface area contributed by atoms with Gasteiger partial charge in [0, 0.05) is 4.47 Å². The van der Waals surface area contributed by atoms with Crippen LogP contribution in [0.4, 0.5) is 23.5 Å². The number of halogens is 5. The Morgan fingerprint density at radius 1 is 1.41 bits per heavy atom. The number of alkyl halides is 3. The Morgan fingerprint density at radius 2 is 2.14 bits per heavy atom. The van der Waals surface area contributed by atoms with Crippen molar-refractivity contribution in [2.24, 2.45) is 0 Å². The number of ether oxygens (including phenoxy) is 1. The molecule has 118 valence electrons. The van der Waals surface area contributed by atoms with Crippen LogP contribution in [0, 0.1) is 5.82 Å². The molecule has 0 aliphatic rings. The average molecular weight is 383 g/mol. The fourth-order valence-electron chi connectivity index (χ4n) is 1.34. The van der Waals surface area contributed by atoms with Gasteiger partial charge in [-0.2, -0.15) is 18.2 Å². The minimum absolute atomic E-state index is 0.177. The molecule has 1 aromatic heterocycles. The highest BCUT2D eigenvalue weighted by Crippen LogP contribution is 2.26. The second-order valence-electron chi connectivity index (χ2n) is 3.92. The quantitative estimate of drug-likeness (QED) is 0.796. The van der Waals surface area contributed by atoms with Gasteiger partial charge in [-0.3, -0.25) is 15.2 Å². The Balaban J connectivity index is 1.92. The first kappa shape index (κ1) is 16.2. The second-order valence-corrected chi connectivity index (χ2v) is 4.83. The van der Waals surface area contributed by atoms with Gasteiger partial charge in [-0.25, -0.2) is 4.39 Å². The third-order valence-electron chi connectivity index (χ3n) is 2.26. The number of aromatic nitrogens is 3. The Morgan fingerprint density at radius 3 is 2.73 bits per heavy atom. The van der Waals surface area contributed by atoms with Crippen molar-refractivity contribution in [1.82, 2.24) is 15.2 Å². The van der Waals surface area contributed by atoms with Crippen molar-refractivity contribution in [2.75, 3.05) is 11.9 Å². The van der Waals surface area contributed by atoms with E-state index in [0.29, 0.717) is 4.47 Å². The first-order valence-electron chi connectivity index (χ1n) is 5.63. The third-order valence-corrected chi connectivity index (χ3v) is 2.75. The molecule has 1 heterocycles. The van der Waals surface area contributed by atoms with E-state index in [4.69, 9.17) is 4.74 Å². The molecule has 0 unspecified atom stereocenters. The van der Waals surface area contributed by atoms with E-state index in [1.54, 1.807) is 5.10 Å². The Labute approximate surface area is 129 Å². The van der Waals surface area contributed by atoms with Gasteiger partial charge in [0.25, 0.3) is 5.91 Å². The van der Waals surface area contributed by atoms with Crippen LogP contribution in [-0.4, -0.2) is 27.7 Å². The van der Waals surface area contributed by atoms with Crippen LogP contribution in [0.15, 0.2) is 22.7 Å². The molecule has 0 saturated carbocycles. The lowest BCUT2D eigenvalue weighted by Crippen LogP contribution is -2.21. The van der Waals surface area contributed by atoms with Crippen molar-refractivity contribution in [3.05, 3.63) is 34.3 Å². The fourth-order valence-corrected chi connectivity index (χ4v) is 1.67. The van der Waals surface area contributed by atoms with Gasteiger partial charge < -0.3 is 4.74 Å². The molecule has 1 amide bonds. The first-order valence-corrected chi connectivity index (χ1v) is 6.42. The number of amides is 1. The number of hydrogen-bond donors (Lipinski definition) is 2. The molecule has 0 fully saturated rings. The molecule has 0 aliphatic heterocycles. The number of rotatable bonds is 4. The Bertz CT molecular complexity index is 689. The molecule has 2 rings (SSSR count). The van der Waals surface area contributed by atoms with Crippen molar-refractivity contribution in [1.29, 1.82) is 0 Å². The highest BCUT2D eigenvalue weighted by molar-refractivity contribution is 9.10. The highest BCUT2D eigenvalue weighted by atomic mass is 79.9. The Hall–Kier alpha value is -2.17. The van der Waals surface area contributed by atoms with Crippen LogP contribution >= 0.6 is 15.9 Å². The number of nitrogens with zero attached hydrogens (tertiary/aromatic N) is 2. The van der Waals surface area contributed by atoms with Crippen LogP contribution in [0.2, 0.25) is 0 Å². The zero-order valence-electron chi connectivity index (χ0n) is 10.5. The Kier molecular flexibility index (Phi) is 4.64. The summed E-state index contributed by atoms with van der Waals surface area (Å²) in [6.45, 7) is -0.617. The third kappa shape index (κ3) is 4.16. The van der Waals surface area contributed by atoms with E-state index in [1.165, 1.54) is 12.1 Å². The minimum atomic E-state index is -4.70. The molecular formula is C11H7BrF4N4O2. The van der Waals surface area contributed by atoms with Gasteiger partial charge in [-0.1, -0.05) is 15.9 Å². The molecular weight excluding hydrogens is 376 g/mol. The van der Waals surface area contributed by atoms with E-state index in [1.807, 2.05) is 5.32 Å². The number of benzene rings is 1. The van der Waals surface area contributed by atoms with Gasteiger partial charge in [-0.05, 0) is 18.2 Å². The standard InChI is InChI=1S/C11H7BrF4N4O2/c12-5-1-2-7(6(13)3-5)22-4-8(21)17-10-18-9(19-20-10)11(14,15)16/h1-3H,4H2,(H2,17,18,19,20,21). The molecule has 0 aliphatic carbocycles. The molecule has 22 heavy (non-hydrogen) atoms. The van der Waals surface area contributed by atoms with Gasteiger partial charge in [0.15, 0.2) is 18.2 Å². The summed E-state index contributed by atoms with van der Waals surface area (Å²) in [7, 11) is 0. The molecule has 0 atom stereocenters. The van der Waals surface area contributed by atoms with Gasteiger partial charge in [0.1, 0.15) is 0 Å². The van der Waals surface area contributed by atoms with Crippen LogP contribution < -0.4 is 10.1 Å². The first-order chi connectivity index (χ1) is 10.3. The lowest BCUT2D eigenvalue weighted by atomic mass is 10.3. The topological polar surface area (TPSA) is 79.9 Å². The highest BCUT2D eigenvalue weighted by Gasteiger charge is 2.35. The lowest BCUT2D eigenvalue weighted by molar-refractivity contribution is -0.144. The molecule has 0 bridgehead atoms. The number of nitrogens with one attached hydrogen (secondary N) is 2. The van der Waals surface area contributed by atoms with E-state index in [0.717, 1.165) is 6.07 Å². The van der Waals surface area contributed by atoms with Crippen molar-refractivity contribution >= 4 is 27.8 Å². The predicted molar refractivity (Wildman–Crippen MR) is 69.6 cm³/mol. The molecule has 1 aromatic carbocycles. The predicted octanol–water partition coefficient (Wildman–Crippen LogP) is 2.74. The monoisotopic (exact) mass is 382 g/mol. The van der Waals surface area contributed by atoms with Gasteiger partial charge in [0.2, 0.25) is 11.8 Å². The van der Waals surface area contributed by atoms with Gasteiger partial charge in [0.05, 0.1) is 0 Å². The molecule has 2 aromatic rings. The van der Waals surface area contributed by atoms with Gasteiger partial charge in [-0.15, -0.1) is 5.10 Å². The molecule has 11 heteroatoms. The van der Waals surface area contributed by atoms with E-state index in [9.17, 15) is 22.4 Å². The van der Waals surface area contributed by atoms with Crippen LogP contribution in [0.25, 0.3) is 0 Å². The summed E-state index contributed by atoms with van der Waals surface area (Å²) in [4.78, 5) is 14.5. The zero-order chi connectivity index (χ0) is 16.3. The SMILES string of the molecule is O=C(COc1ccc(Br)cc1F)Nc1n[nH]c(C(F)(F)F)n1. The van der Waals surface area contributed by atoms with Crippen molar-refractivity contribution in [2.45, 2.75) is 6.18 Å². The van der Waals surface area contributed by atoms with E-state index in [-0.39, 0.29) is 5.75 Å². The van der Waals surface area contributed by atoms with Crippen molar-refractivity contribution in [3.63, 3.8) is 0 Å². The largest absolute Gasteiger partial charge is 0.481 e. The summed E-state index contributed by atoms with van der Waals surface area (Å²) in [5.74, 6) is -3.61. The van der Waals surface area contributed by atoms with Crippen LogP contribution in [0.3, 0.4) is 0 Å². The summed E-state index contributed by atoms with van der Waals surface area (Å²) in [5.41, 5.74) is 0. The van der Waals surface area contributed by atoms with Gasteiger partial charge >= 0.3 is 6.18 Å². The lowest BCUT2D eigenvalue weighted by Gasteiger charge is -2.06. The smallest absolute Gasteiger partial charge is 0.451 e. The van der Waals surface area contributed by atoms with Crippen molar-refractivity contribution < 1.29 is 27.1 Å². The van der Waals surface area contributed by atoms with Crippen LogP contribution in [-0.2, 0) is 11.0 Å². The van der Waals surface area contributed by atoms with Crippen LogP contribution in [0.5, 0.6) is 5.75 Å². The summed E-state index contributed by atoms with van der Waals surface area (Å²) in [6, 6.07) is 3.93. The zero-order valence-corrected chi connectivity index (χ0v) is 12.1. The fraction of sp³-hybridized carbons (Fsp3) is 0.182. The maximum absolute atomic E-state index is 13.4. The molecule has 6 nitrogen and oxygen atoms in total. The minimum Gasteiger partial charge on any atom is -0.481 e. The number of aromatic amines is 1. The van der Waals surface area contributed by atoms with E-state index < -0.39 is 36.3 Å². The number of anilines is 1. The molecule has 2 N–H and O–H groups in total. The summed E-state index contributed by atoms with van der Waals surface area (Å²) in [6.07, 6.45) is -4.70. The molecule has 0 saturated heterocycles. The number of hydrogen-bond acceptors (Lipinski definition) is 4. The van der Waals surface area contributed by atoms with Crippen LogP contribution in [0.1, 0.15) is 5.82 Å². The molecule has 0 spiro atoms. The van der Waals surface area contributed by atoms with E-state index in [2.05, 4.69) is 26.0 Å². The average Bonchev–Trinajstić information content (AvgIpc) is 2.86. The van der Waals surface area contributed by atoms with Crippen molar-refractivity contribution in [3.8, 4) is 5.75 Å². The normalized spacial score (nSPS) is 11.3. The molecule has 0 radical (unpaired) electrons. The summed E-state index contributed by atoms with van der Waals surface area (Å²) < 4.78 is 55.6.